The molecule has 0 saturated heterocycles. The SMILES string of the molecule is [2H]C=CC([2H])C([2H])C([2H])C([2H])[2H]. The summed E-state index contributed by atoms with van der Waals surface area (Å²) in [6.07, 6.45) is -2.14. The maximum atomic E-state index is 7.27. The maximum Gasteiger partial charge on any atom is 0.0534 e. The number of hydrogen-bond donors (Lipinski definition) is 0. The van der Waals surface area contributed by atoms with Gasteiger partial charge in [0.05, 0.1) is 1.37 Å². The van der Waals surface area contributed by atoms with Crippen LogP contribution in [-0.4, -0.2) is 0 Å². The van der Waals surface area contributed by atoms with Crippen molar-refractivity contribution >= 4 is 0 Å². The molecule has 0 heterocycles. The highest BCUT2D eigenvalue weighted by atomic mass is 13.8. The lowest BCUT2D eigenvalue weighted by Crippen LogP contribution is -1.61. The summed E-state index contributed by atoms with van der Waals surface area (Å²) >= 11 is 0. The van der Waals surface area contributed by atoms with Crippen LogP contribution in [0.4, 0.5) is 0 Å². The largest absolute Gasteiger partial charge is 0.103 e. The topological polar surface area (TPSA) is 0 Å². The van der Waals surface area contributed by atoms with Gasteiger partial charge in [-0.3, -0.25) is 0 Å². The Hall–Kier alpha value is -0.260. The van der Waals surface area contributed by atoms with Crippen LogP contribution in [0.1, 0.15) is 34.3 Å². The Kier molecular flexibility index (Phi) is 0.883. The van der Waals surface area contributed by atoms with Crippen molar-refractivity contribution in [1.82, 2.24) is 0 Å². The summed E-state index contributed by atoms with van der Waals surface area (Å²) in [7, 11) is 0. The van der Waals surface area contributed by atoms with Crippen LogP contribution in [0.3, 0.4) is 0 Å². The smallest absolute Gasteiger partial charge is 0.0534 e. The average Bonchev–Trinajstić information content (AvgIpc) is 2.02. The van der Waals surface area contributed by atoms with E-state index in [1.165, 1.54) is 6.08 Å². The Morgan fingerprint density at radius 2 is 3.33 bits per heavy atom. The van der Waals surface area contributed by atoms with Gasteiger partial charge in [0.25, 0.3) is 0 Å². The molecule has 0 fully saturated rings. The van der Waals surface area contributed by atoms with E-state index >= 15 is 0 Å². The molecule has 0 aromatic heterocycles. The maximum absolute atomic E-state index is 7.27. The third-order valence-corrected chi connectivity index (χ3v) is 0.333. The van der Waals surface area contributed by atoms with Crippen LogP contribution >= 0.6 is 0 Å². The van der Waals surface area contributed by atoms with Crippen molar-refractivity contribution < 1.29 is 8.22 Å². The van der Waals surface area contributed by atoms with Gasteiger partial charge in [0.15, 0.2) is 0 Å². The summed E-state index contributed by atoms with van der Waals surface area (Å²) < 4.78 is 42.0. The zero-order valence-electron chi connectivity index (χ0n) is 9.46. The zero-order valence-corrected chi connectivity index (χ0v) is 3.46. The number of rotatable bonds is 3. The molecule has 3 atom stereocenters. The summed E-state index contributed by atoms with van der Waals surface area (Å²) in [5.41, 5.74) is 0. The molecule has 0 radical (unpaired) electrons. The summed E-state index contributed by atoms with van der Waals surface area (Å²) in [5.74, 6) is 0. The molecule has 0 aliphatic rings. The second-order valence-electron chi connectivity index (χ2n) is 0.770. The molecule has 0 saturated carbocycles. The Labute approximate surface area is 48.3 Å². The quantitative estimate of drug-likeness (QED) is 0.467. The molecule has 0 heteroatoms. The van der Waals surface area contributed by atoms with Crippen LogP contribution in [0.2, 0.25) is 0 Å². The first kappa shape index (κ1) is 1.12. The first-order valence-electron chi connectivity index (χ1n) is 5.13. The van der Waals surface area contributed by atoms with Gasteiger partial charge in [0, 0.05) is 6.85 Å². The standard InChI is InChI=1S/C6H12/c1-3-5-6-4-2/h3H,1,4-6H2,2H3/i1D,2D2,4D,5D,6D. The van der Waals surface area contributed by atoms with Crippen molar-refractivity contribution in [1.29, 1.82) is 0 Å². The molecule has 0 bridgehead atoms. The van der Waals surface area contributed by atoms with Crippen LogP contribution in [0, 0.1) is 0 Å². The van der Waals surface area contributed by atoms with Gasteiger partial charge in [-0.1, -0.05) is 25.7 Å². The molecule has 36 valence electrons. The molecule has 0 N–H and O–H groups in total. The van der Waals surface area contributed by atoms with Crippen LogP contribution in [0.15, 0.2) is 12.6 Å². The lowest BCUT2D eigenvalue weighted by atomic mass is 10.3. The minimum absolute atomic E-state index is 0.898. The van der Waals surface area contributed by atoms with Gasteiger partial charge < -0.3 is 0 Å². The predicted octanol–water partition coefficient (Wildman–Crippen LogP) is 2.36. The molecule has 6 heavy (non-hydrogen) atoms. The molecular formula is C6H12. The van der Waals surface area contributed by atoms with E-state index in [4.69, 9.17) is 8.22 Å². The van der Waals surface area contributed by atoms with E-state index in [1.807, 2.05) is 0 Å². The molecule has 0 aromatic carbocycles. The minimum Gasteiger partial charge on any atom is -0.103 e. The third kappa shape index (κ3) is 3.74. The minimum atomic E-state index is -1.40. The summed E-state index contributed by atoms with van der Waals surface area (Å²) in [6.45, 7) is -0.506. The van der Waals surface area contributed by atoms with Crippen molar-refractivity contribution in [2.45, 2.75) is 26.1 Å². The summed E-state index contributed by atoms with van der Waals surface area (Å²) in [6, 6.07) is 0. The van der Waals surface area contributed by atoms with E-state index in [9.17, 15) is 0 Å². The van der Waals surface area contributed by atoms with Gasteiger partial charge in [0.2, 0.25) is 0 Å². The Balaban J connectivity index is 4.08. The van der Waals surface area contributed by atoms with Crippen molar-refractivity contribution in [2.24, 2.45) is 0 Å². The molecular weight excluding hydrogens is 72.1 g/mol. The molecule has 0 amide bonds. The molecule has 0 aromatic rings. The van der Waals surface area contributed by atoms with Crippen molar-refractivity contribution in [3.63, 3.8) is 0 Å². The van der Waals surface area contributed by atoms with Gasteiger partial charge in [-0.15, -0.1) is 6.55 Å². The highest BCUT2D eigenvalue weighted by Crippen LogP contribution is 1.91. The lowest BCUT2D eigenvalue weighted by molar-refractivity contribution is 0.816. The first-order chi connectivity index (χ1) is 5.50. The van der Waals surface area contributed by atoms with Crippen LogP contribution in [-0.2, 0) is 0 Å². The highest BCUT2D eigenvalue weighted by molar-refractivity contribution is 4.64. The lowest BCUT2D eigenvalue weighted by Gasteiger charge is -1.81. The van der Waals surface area contributed by atoms with Crippen molar-refractivity contribution in [2.75, 3.05) is 0 Å². The average molecular weight is 90.2 g/mol. The van der Waals surface area contributed by atoms with E-state index in [0.717, 1.165) is 6.55 Å². The molecule has 0 nitrogen and oxygen atoms in total. The Morgan fingerprint density at radius 3 is 4.00 bits per heavy atom. The van der Waals surface area contributed by atoms with Gasteiger partial charge in [-0.2, -0.15) is 0 Å². The Morgan fingerprint density at radius 1 is 2.33 bits per heavy atom. The monoisotopic (exact) mass is 90.1 g/mol. The summed E-state index contributed by atoms with van der Waals surface area (Å²) in [4.78, 5) is 0. The second kappa shape index (κ2) is 4.74. The fraction of sp³-hybridized carbons (Fsp3) is 0.667. The fourth-order valence-corrected chi connectivity index (χ4v) is 0.128. The molecule has 0 rings (SSSR count). The van der Waals surface area contributed by atoms with Crippen LogP contribution in [0.5, 0.6) is 0 Å². The Bertz CT molecular complexity index is 145. The number of hydrogen-bond acceptors (Lipinski definition) is 0. The van der Waals surface area contributed by atoms with Gasteiger partial charge >= 0.3 is 0 Å². The summed E-state index contributed by atoms with van der Waals surface area (Å²) in [5, 5.41) is 0. The van der Waals surface area contributed by atoms with Crippen LogP contribution in [0.25, 0.3) is 0 Å². The van der Waals surface area contributed by atoms with Gasteiger partial charge in [0.1, 0.15) is 0 Å². The molecule has 0 aliphatic heterocycles. The van der Waals surface area contributed by atoms with Gasteiger partial charge in [-0.05, 0) is 6.40 Å². The van der Waals surface area contributed by atoms with Gasteiger partial charge in [-0.25, -0.2) is 0 Å². The van der Waals surface area contributed by atoms with Crippen molar-refractivity contribution in [3.05, 3.63) is 12.6 Å². The molecule has 0 aliphatic carbocycles. The third-order valence-electron chi connectivity index (χ3n) is 0.333. The van der Waals surface area contributed by atoms with E-state index < -0.39 is 26.1 Å². The van der Waals surface area contributed by atoms with Crippen molar-refractivity contribution in [3.8, 4) is 0 Å². The second-order valence-corrected chi connectivity index (χ2v) is 0.770. The van der Waals surface area contributed by atoms with E-state index in [-0.39, 0.29) is 0 Å². The fourth-order valence-electron chi connectivity index (χ4n) is 0.128. The van der Waals surface area contributed by atoms with E-state index in [2.05, 4.69) is 0 Å². The molecule has 3 unspecified atom stereocenters. The zero-order chi connectivity index (χ0) is 9.72. The normalized spacial score (nSPS) is 40.8. The highest BCUT2D eigenvalue weighted by Gasteiger charge is 1.71. The van der Waals surface area contributed by atoms with E-state index in [1.54, 1.807) is 0 Å². The van der Waals surface area contributed by atoms with E-state index in [0.29, 0.717) is 0 Å². The van der Waals surface area contributed by atoms with Crippen LogP contribution < -0.4 is 0 Å². The number of allylic oxidation sites excluding steroid dienone is 1. The molecule has 0 spiro atoms. The predicted molar refractivity (Wildman–Crippen MR) is 29.7 cm³/mol. The first-order valence-corrected chi connectivity index (χ1v) is 1.67.